The van der Waals surface area contributed by atoms with Crippen molar-refractivity contribution in [2.45, 2.75) is 70.1 Å². The summed E-state index contributed by atoms with van der Waals surface area (Å²) in [5.41, 5.74) is -0.150. The van der Waals surface area contributed by atoms with Gasteiger partial charge in [0.05, 0.1) is 6.10 Å². The first-order valence-corrected chi connectivity index (χ1v) is 7.30. The van der Waals surface area contributed by atoms with Crippen LogP contribution < -0.4 is 0 Å². The maximum Gasteiger partial charge on any atom is 0.294 e. The van der Waals surface area contributed by atoms with Crippen LogP contribution >= 0.6 is 0 Å². The molecule has 6 nitrogen and oxygen atoms in total. The van der Waals surface area contributed by atoms with Gasteiger partial charge in [0.25, 0.3) is 5.91 Å². The van der Waals surface area contributed by atoms with Gasteiger partial charge in [0.15, 0.2) is 0 Å². The second-order valence-electron chi connectivity index (χ2n) is 6.98. The number of piperidine rings is 1. The van der Waals surface area contributed by atoms with E-state index in [2.05, 4.69) is 15.2 Å². The molecular weight excluding hydrogens is 256 g/mol. The number of rotatable bonds is 1. The fourth-order valence-electron chi connectivity index (χ4n) is 3.29. The summed E-state index contributed by atoms with van der Waals surface area (Å²) < 4.78 is 0. The van der Waals surface area contributed by atoms with Gasteiger partial charge in [0.1, 0.15) is 5.82 Å². The molecule has 2 atom stereocenters. The standard InChI is InChI=1S/C14H22N4O2/c1-14(2,3)13-15-11(16-17-13)12(20)18-8-4-5-9(18)7-10(19)6-8/h8-10,19H,4-7H2,1-3H3,(H,15,16,17). The molecule has 110 valence electrons. The molecular formula is C14H22N4O2. The monoisotopic (exact) mass is 278 g/mol. The van der Waals surface area contributed by atoms with E-state index in [0.717, 1.165) is 18.7 Å². The molecule has 3 rings (SSSR count). The number of fused-ring (bicyclic) bond motifs is 2. The molecule has 6 heteroatoms. The molecule has 2 N–H and O–H groups in total. The zero-order valence-corrected chi connectivity index (χ0v) is 12.3. The Labute approximate surface area is 118 Å². The van der Waals surface area contributed by atoms with Gasteiger partial charge in [0.2, 0.25) is 5.82 Å². The Bertz CT molecular complexity index is 505. The Balaban J connectivity index is 1.81. The van der Waals surface area contributed by atoms with Crippen LogP contribution in [0.2, 0.25) is 0 Å². The van der Waals surface area contributed by atoms with Crippen LogP contribution in [0.5, 0.6) is 0 Å². The third-order valence-corrected chi connectivity index (χ3v) is 4.33. The minimum atomic E-state index is -0.270. The van der Waals surface area contributed by atoms with Crippen molar-refractivity contribution in [1.29, 1.82) is 0 Å². The van der Waals surface area contributed by atoms with Crippen molar-refractivity contribution in [3.8, 4) is 0 Å². The van der Waals surface area contributed by atoms with Crippen molar-refractivity contribution < 1.29 is 9.90 Å². The smallest absolute Gasteiger partial charge is 0.294 e. The summed E-state index contributed by atoms with van der Waals surface area (Å²) in [7, 11) is 0. The molecule has 2 unspecified atom stereocenters. The van der Waals surface area contributed by atoms with E-state index in [1.807, 2.05) is 25.7 Å². The van der Waals surface area contributed by atoms with Crippen molar-refractivity contribution in [1.82, 2.24) is 20.1 Å². The van der Waals surface area contributed by atoms with Crippen molar-refractivity contribution in [2.24, 2.45) is 0 Å². The number of carbonyl (C=O) groups excluding carboxylic acids is 1. The number of hydrogen-bond acceptors (Lipinski definition) is 4. The molecule has 0 radical (unpaired) electrons. The molecule has 1 amide bonds. The summed E-state index contributed by atoms with van der Waals surface area (Å²) in [4.78, 5) is 18.8. The second kappa shape index (κ2) is 4.55. The maximum absolute atomic E-state index is 12.6. The lowest BCUT2D eigenvalue weighted by Gasteiger charge is -2.36. The number of H-pyrrole nitrogens is 1. The predicted molar refractivity (Wildman–Crippen MR) is 73.3 cm³/mol. The number of aromatic amines is 1. The highest BCUT2D eigenvalue weighted by Gasteiger charge is 2.44. The minimum absolute atomic E-state index is 0.101. The van der Waals surface area contributed by atoms with Gasteiger partial charge in [-0.05, 0) is 25.7 Å². The number of aliphatic hydroxyl groups excluding tert-OH is 1. The van der Waals surface area contributed by atoms with E-state index in [0.29, 0.717) is 12.8 Å². The molecule has 1 aromatic heterocycles. The molecule has 0 saturated carbocycles. The van der Waals surface area contributed by atoms with Crippen LogP contribution in [-0.4, -0.2) is 49.3 Å². The third-order valence-electron chi connectivity index (χ3n) is 4.33. The van der Waals surface area contributed by atoms with Crippen molar-refractivity contribution in [3.05, 3.63) is 11.6 Å². The van der Waals surface area contributed by atoms with Crippen molar-refractivity contribution in [2.75, 3.05) is 0 Å². The number of amides is 1. The number of carbonyl (C=O) groups is 1. The summed E-state index contributed by atoms with van der Waals surface area (Å²) in [6.45, 7) is 6.09. The van der Waals surface area contributed by atoms with E-state index in [1.165, 1.54) is 0 Å². The predicted octanol–water partition coefficient (Wildman–Crippen LogP) is 1.23. The van der Waals surface area contributed by atoms with Crippen LogP contribution in [0.25, 0.3) is 0 Å². The van der Waals surface area contributed by atoms with Gasteiger partial charge in [0, 0.05) is 17.5 Å². The topological polar surface area (TPSA) is 82.1 Å². The first kappa shape index (κ1) is 13.5. The lowest BCUT2D eigenvalue weighted by molar-refractivity contribution is 0.0278. The molecule has 2 saturated heterocycles. The lowest BCUT2D eigenvalue weighted by atomic mass is 9.96. The Morgan fingerprint density at radius 2 is 1.90 bits per heavy atom. The molecule has 2 aliphatic heterocycles. The van der Waals surface area contributed by atoms with Gasteiger partial charge in [-0.1, -0.05) is 20.8 Å². The average Bonchev–Trinajstić information content (AvgIpc) is 2.92. The highest BCUT2D eigenvalue weighted by Crippen LogP contribution is 2.36. The van der Waals surface area contributed by atoms with Crippen LogP contribution in [0.4, 0.5) is 0 Å². The fourth-order valence-corrected chi connectivity index (χ4v) is 3.29. The zero-order valence-electron chi connectivity index (χ0n) is 12.3. The Kier molecular flexibility index (Phi) is 3.08. The van der Waals surface area contributed by atoms with Gasteiger partial charge in [-0.25, -0.2) is 4.98 Å². The van der Waals surface area contributed by atoms with Gasteiger partial charge < -0.3 is 10.0 Å². The van der Waals surface area contributed by atoms with Gasteiger partial charge >= 0.3 is 0 Å². The van der Waals surface area contributed by atoms with E-state index < -0.39 is 0 Å². The molecule has 0 aromatic carbocycles. The van der Waals surface area contributed by atoms with Gasteiger partial charge in [-0.2, -0.15) is 0 Å². The van der Waals surface area contributed by atoms with Crippen LogP contribution in [-0.2, 0) is 5.41 Å². The summed E-state index contributed by atoms with van der Waals surface area (Å²) >= 11 is 0. The number of aromatic nitrogens is 3. The summed E-state index contributed by atoms with van der Waals surface area (Å²) in [6, 6.07) is 0.292. The van der Waals surface area contributed by atoms with Gasteiger partial charge in [-0.15, -0.1) is 5.10 Å². The minimum Gasteiger partial charge on any atom is -0.393 e. The number of nitrogens with zero attached hydrogens (tertiary/aromatic N) is 3. The third kappa shape index (κ3) is 2.22. The summed E-state index contributed by atoms with van der Waals surface area (Å²) in [5, 5.41) is 16.7. The Hall–Kier alpha value is -1.43. The lowest BCUT2D eigenvalue weighted by Crippen LogP contribution is -2.48. The Morgan fingerprint density at radius 1 is 1.30 bits per heavy atom. The molecule has 2 fully saturated rings. The maximum atomic E-state index is 12.6. The van der Waals surface area contributed by atoms with Crippen LogP contribution in [0.1, 0.15) is 62.9 Å². The molecule has 2 aliphatic rings. The number of nitrogens with one attached hydrogen (secondary N) is 1. The van der Waals surface area contributed by atoms with Gasteiger partial charge in [-0.3, -0.25) is 9.89 Å². The molecule has 0 spiro atoms. The largest absolute Gasteiger partial charge is 0.393 e. The van der Waals surface area contributed by atoms with E-state index in [4.69, 9.17) is 0 Å². The second-order valence-corrected chi connectivity index (χ2v) is 6.98. The summed E-state index contributed by atoms with van der Waals surface area (Å²) in [5.74, 6) is 0.879. The highest BCUT2D eigenvalue weighted by atomic mass is 16.3. The van der Waals surface area contributed by atoms with E-state index in [1.54, 1.807) is 0 Å². The summed E-state index contributed by atoms with van der Waals surface area (Å²) in [6.07, 6.45) is 3.04. The SMILES string of the molecule is CC(C)(C)c1nc(C(=O)N2C3CCC2CC(O)C3)n[nH]1. The molecule has 0 aliphatic carbocycles. The highest BCUT2D eigenvalue weighted by molar-refractivity contribution is 5.91. The average molecular weight is 278 g/mol. The van der Waals surface area contributed by atoms with E-state index in [9.17, 15) is 9.90 Å². The first-order valence-electron chi connectivity index (χ1n) is 7.30. The van der Waals surface area contributed by atoms with Crippen LogP contribution in [0, 0.1) is 0 Å². The molecule has 1 aromatic rings. The number of hydrogen-bond donors (Lipinski definition) is 2. The van der Waals surface area contributed by atoms with Crippen LogP contribution in [0.15, 0.2) is 0 Å². The van der Waals surface area contributed by atoms with E-state index in [-0.39, 0.29) is 35.3 Å². The fraction of sp³-hybridized carbons (Fsp3) is 0.786. The molecule has 3 heterocycles. The Morgan fingerprint density at radius 3 is 2.40 bits per heavy atom. The van der Waals surface area contributed by atoms with Crippen LogP contribution in [0.3, 0.4) is 0 Å². The van der Waals surface area contributed by atoms with Crippen molar-refractivity contribution in [3.63, 3.8) is 0 Å². The first-order chi connectivity index (χ1) is 9.36. The quantitative estimate of drug-likeness (QED) is 0.809. The molecule has 2 bridgehead atoms. The normalized spacial score (nSPS) is 29.8. The van der Waals surface area contributed by atoms with Crippen molar-refractivity contribution >= 4 is 5.91 Å². The zero-order chi connectivity index (χ0) is 14.5. The molecule has 20 heavy (non-hydrogen) atoms. The van der Waals surface area contributed by atoms with E-state index >= 15 is 0 Å². The number of aliphatic hydroxyl groups is 1.